The molecule has 0 aliphatic heterocycles. The Hall–Kier alpha value is -1.78. The molecule has 1 heterocycles. The summed E-state index contributed by atoms with van der Waals surface area (Å²) in [6.07, 6.45) is 2.82. The Kier molecular flexibility index (Phi) is 4.57. The zero-order valence-corrected chi connectivity index (χ0v) is 9.51. The highest BCUT2D eigenvalue weighted by Crippen LogP contribution is 2.00. The monoisotopic (exact) mass is 221 g/mol. The van der Waals surface area contributed by atoms with Gasteiger partial charge in [-0.2, -0.15) is 0 Å². The van der Waals surface area contributed by atoms with Crippen LogP contribution in [-0.2, 0) is 4.79 Å². The molecule has 0 spiro atoms. The first-order valence-corrected chi connectivity index (χ1v) is 5.27. The van der Waals surface area contributed by atoms with Crippen molar-refractivity contribution in [3.05, 3.63) is 24.3 Å². The van der Waals surface area contributed by atoms with Crippen molar-refractivity contribution in [3.63, 3.8) is 0 Å². The maximum absolute atomic E-state index is 11.6. The van der Waals surface area contributed by atoms with E-state index in [0.29, 0.717) is 13.1 Å². The van der Waals surface area contributed by atoms with Crippen LogP contribution in [0, 0.1) is 0 Å². The van der Waals surface area contributed by atoms with Crippen LogP contribution in [0.15, 0.2) is 18.5 Å². The van der Waals surface area contributed by atoms with E-state index in [1.165, 1.54) is 12.4 Å². The predicted molar refractivity (Wildman–Crippen MR) is 58.9 cm³/mol. The van der Waals surface area contributed by atoms with E-state index in [0.717, 1.165) is 0 Å². The van der Waals surface area contributed by atoms with Crippen LogP contribution in [0.5, 0.6) is 0 Å². The van der Waals surface area contributed by atoms with Crippen molar-refractivity contribution in [2.24, 2.45) is 0 Å². The minimum Gasteiger partial charge on any atom is -0.343 e. The van der Waals surface area contributed by atoms with Crippen molar-refractivity contribution in [1.29, 1.82) is 0 Å². The van der Waals surface area contributed by atoms with Gasteiger partial charge in [-0.3, -0.25) is 9.59 Å². The molecule has 0 atom stereocenters. The standard InChI is InChI=1S/C11H15N3O2/c1-3-14(4-2)10(16)8-9(15)11-12-6-5-7-13-11/h5-7H,3-4,8H2,1-2H3. The minimum absolute atomic E-state index is 0.100. The third-order valence-electron chi connectivity index (χ3n) is 2.24. The third-order valence-corrected chi connectivity index (χ3v) is 2.24. The van der Waals surface area contributed by atoms with Crippen LogP contribution in [0.3, 0.4) is 0 Å². The lowest BCUT2D eigenvalue weighted by Gasteiger charge is -2.17. The van der Waals surface area contributed by atoms with Gasteiger partial charge >= 0.3 is 0 Å². The van der Waals surface area contributed by atoms with E-state index in [1.807, 2.05) is 13.8 Å². The Morgan fingerprint density at radius 1 is 1.19 bits per heavy atom. The molecular formula is C11H15N3O2. The van der Waals surface area contributed by atoms with Crippen molar-refractivity contribution < 1.29 is 9.59 Å². The molecular weight excluding hydrogens is 206 g/mol. The summed E-state index contributed by atoms with van der Waals surface area (Å²) in [7, 11) is 0. The van der Waals surface area contributed by atoms with Crippen LogP contribution in [-0.4, -0.2) is 39.6 Å². The summed E-state index contributed by atoms with van der Waals surface area (Å²) in [6, 6.07) is 1.63. The topological polar surface area (TPSA) is 63.2 Å². The van der Waals surface area contributed by atoms with Gasteiger partial charge in [-0.15, -0.1) is 0 Å². The van der Waals surface area contributed by atoms with Gasteiger partial charge in [0.05, 0.1) is 6.42 Å². The molecule has 0 unspecified atom stereocenters. The Morgan fingerprint density at radius 2 is 1.75 bits per heavy atom. The first-order chi connectivity index (χ1) is 7.69. The second-order valence-electron chi connectivity index (χ2n) is 3.24. The molecule has 0 saturated heterocycles. The molecule has 0 fully saturated rings. The second kappa shape index (κ2) is 5.95. The number of amides is 1. The Labute approximate surface area is 94.5 Å². The summed E-state index contributed by atoms with van der Waals surface area (Å²) >= 11 is 0. The quantitative estimate of drug-likeness (QED) is 0.548. The highest BCUT2D eigenvalue weighted by molar-refractivity contribution is 6.05. The van der Waals surface area contributed by atoms with E-state index in [2.05, 4.69) is 9.97 Å². The lowest BCUT2D eigenvalue weighted by atomic mass is 10.2. The predicted octanol–water partition coefficient (Wildman–Crippen LogP) is 0.918. The van der Waals surface area contributed by atoms with Gasteiger partial charge in [0.15, 0.2) is 5.82 Å². The van der Waals surface area contributed by atoms with E-state index >= 15 is 0 Å². The van der Waals surface area contributed by atoms with Gasteiger partial charge in [0, 0.05) is 25.5 Å². The van der Waals surface area contributed by atoms with Crippen LogP contribution < -0.4 is 0 Å². The number of hydrogen-bond acceptors (Lipinski definition) is 4. The first-order valence-electron chi connectivity index (χ1n) is 5.27. The van der Waals surface area contributed by atoms with Gasteiger partial charge in [0.2, 0.25) is 11.7 Å². The molecule has 0 N–H and O–H groups in total. The summed E-state index contributed by atoms with van der Waals surface area (Å²) in [5, 5.41) is 0. The van der Waals surface area contributed by atoms with E-state index in [4.69, 9.17) is 0 Å². The molecule has 0 saturated carbocycles. The number of nitrogens with zero attached hydrogens (tertiary/aromatic N) is 3. The highest BCUT2D eigenvalue weighted by Gasteiger charge is 2.17. The van der Waals surface area contributed by atoms with Crippen LogP contribution >= 0.6 is 0 Å². The van der Waals surface area contributed by atoms with Crippen molar-refractivity contribution in [2.75, 3.05) is 13.1 Å². The fourth-order valence-corrected chi connectivity index (χ4v) is 1.35. The van der Waals surface area contributed by atoms with Crippen molar-refractivity contribution in [3.8, 4) is 0 Å². The van der Waals surface area contributed by atoms with Crippen molar-refractivity contribution >= 4 is 11.7 Å². The number of carbonyl (C=O) groups excluding carboxylic acids is 2. The average molecular weight is 221 g/mol. The molecule has 0 aliphatic carbocycles. The van der Waals surface area contributed by atoms with Gasteiger partial charge in [-0.05, 0) is 19.9 Å². The van der Waals surface area contributed by atoms with Crippen LogP contribution in [0.2, 0.25) is 0 Å². The maximum atomic E-state index is 11.6. The molecule has 0 radical (unpaired) electrons. The number of carbonyl (C=O) groups is 2. The highest BCUT2D eigenvalue weighted by atomic mass is 16.2. The summed E-state index contributed by atoms with van der Waals surface area (Å²) < 4.78 is 0. The Balaban J connectivity index is 2.62. The molecule has 1 aromatic rings. The summed E-state index contributed by atoms with van der Waals surface area (Å²) in [4.78, 5) is 32.5. The number of rotatable bonds is 5. The number of aromatic nitrogens is 2. The molecule has 5 nitrogen and oxygen atoms in total. The lowest BCUT2D eigenvalue weighted by molar-refractivity contribution is -0.129. The van der Waals surface area contributed by atoms with Crippen LogP contribution in [0.1, 0.15) is 30.9 Å². The Morgan fingerprint density at radius 3 is 2.25 bits per heavy atom. The van der Waals surface area contributed by atoms with Gasteiger partial charge in [0.25, 0.3) is 0 Å². The molecule has 86 valence electrons. The van der Waals surface area contributed by atoms with E-state index in [1.54, 1.807) is 11.0 Å². The molecule has 16 heavy (non-hydrogen) atoms. The summed E-state index contributed by atoms with van der Waals surface area (Å²) in [5.74, 6) is -0.414. The smallest absolute Gasteiger partial charge is 0.230 e. The molecule has 1 aromatic heterocycles. The molecule has 5 heteroatoms. The van der Waals surface area contributed by atoms with Crippen LogP contribution in [0.25, 0.3) is 0 Å². The molecule has 0 aromatic carbocycles. The van der Waals surface area contributed by atoms with Crippen LogP contribution in [0.4, 0.5) is 0 Å². The first kappa shape index (κ1) is 12.3. The lowest BCUT2D eigenvalue weighted by Crippen LogP contribution is -2.32. The minimum atomic E-state index is -0.336. The number of Topliss-reactive ketones (excluding diaryl/α,β-unsaturated/α-hetero) is 1. The van der Waals surface area contributed by atoms with Gasteiger partial charge < -0.3 is 4.90 Å². The zero-order valence-electron chi connectivity index (χ0n) is 9.51. The SMILES string of the molecule is CCN(CC)C(=O)CC(=O)c1ncccn1. The van der Waals surface area contributed by atoms with E-state index in [9.17, 15) is 9.59 Å². The zero-order chi connectivity index (χ0) is 12.0. The van der Waals surface area contributed by atoms with Crippen molar-refractivity contribution in [2.45, 2.75) is 20.3 Å². The molecule has 0 bridgehead atoms. The molecule has 1 amide bonds. The Bertz CT molecular complexity index is 361. The van der Waals surface area contributed by atoms with Crippen molar-refractivity contribution in [1.82, 2.24) is 14.9 Å². The van der Waals surface area contributed by atoms with Gasteiger partial charge in [-0.25, -0.2) is 9.97 Å². The molecule has 0 aliphatic rings. The summed E-state index contributed by atoms with van der Waals surface area (Å²) in [6.45, 7) is 4.98. The number of hydrogen-bond donors (Lipinski definition) is 0. The second-order valence-corrected chi connectivity index (χ2v) is 3.24. The van der Waals surface area contributed by atoms with E-state index in [-0.39, 0.29) is 23.9 Å². The summed E-state index contributed by atoms with van der Waals surface area (Å²) in [5.41, 5.74) is 0. The average Bonchev–Trinajstić information content (AvgIpc) is 2.31. The van der Waals surface area contributed by atoms with Gasteiger partial charge in [-0.1, -0.05) is 0 Å². The fraction of sp³-hybridized carbons (Fsp3) is 0.455. The maximum Gasteiger partial charge on any atom is 0.230 e. The fourth-order valence-electron chi connectivity index (χ4n) is 1.35. The van der Waals surface area contributed by atoms with E-state index < -0.39 is 0 Å². The largest absolute Gasteiger partial charge is 0.343 e. The normalized spacial score (nSPS) is 9.88. The third kappa shape index (κ3) is 3.12. The number of ketones is 1. The molecule has 1 rings (SSSR count). The van der Waals surface area contributed by atoms with Gasteiger partial charge in [0.1, 0.15) is 0 Å².